The van der Waals surface area contributed by atoms with Crippen LogP contribution in [0.15, 0.2) is 0 Å². The molecule has 0 aromatic rings. The maximum atomic E-state index is 11.4. The molecule has 0 aliphatic heterocycles. The Hall–Kier alpha value is -0.420. The van der Waals surface area contributed by atoms with Crippen molar-refractivity contribution in [2.45, 2.75) is 44.4 Å². The number of carbonyl (C=O) groups is 1. The van der Waals surface area contributed by atoms with Gasteiger partial charge in [-0.2, -0.15) is 0 Å². The van der Waals surface area contributed by atoms with Gasteiger partial charge in [0.05, 0.1) is 5.25 Å². The van der Waals surface area contributed by atoms with Crippen LogP contribution in [-0.2, 0) is 14.8 Å². The first-order valence-corrected chi connectivity index (χ1v) is 6.03. The van der Waals surface area contributed by atoms with Gasteiger partial charge in [0.15, 0.2) is 0 Å². The Morgan fingerprint density at radius 1 is 1.54 bits per heavy atom. The molecule has 4 nitrogen and oxygen atoms in total. The summed E-state index contributed by atoms with van der Waals surface area (Å²) < 4.78 is 25.4. The summed E-state index contributed by atoms with van der Waals surface area (Å²) >= 11 is 0. The van der Waals surface area contributed by atoms with E-state index in [1.54, 1.807) is 6.92 Å². The maximum absolute atomic E-state index is 11.4. The fraction of sp³-hybridized carbons (Fsp3) is 0.875. The van der Waals surface area contributed by atoms with Crippen molar-refractivity contribution in [3.8, 4) is 0 Å². The molecular formula is C8H15NO3S. The third kappa shape index (κ3) is 2.51. The van der Waals surface area contributed by atoms with Crippen LogP contribution in [0.4, 0.5) is 0 Å². The largest absolute Gasteiger partial charge is 0.300 e. The molecule has 1 saturated carbocycles. The molecule has 1 aliphatic carbocycles. The minimum absolute atomic E-state index is 0.136. The van der Waals surface area contributed by atoms with Gasteiger partial charge in [-0.05, 0) is 13.3 Å². The summed E-state index contributed by atoms with van der Waals surface area (Å²) in [6.07, 6.45) is 1.31. The number of carbonyl (C=O) groups excluding carboxylic acids is 1. The Kier molecular flexibility index (Phi) is 3.08. The number of sulfonamides is 1. The molecule has 13 heavy (non-hydrogen) atoms. The van der Waals surface area contributed by atoms with E-state index in [-0.39, 0.29) is 17.1 Å². The molecule has 1 rings (SSSR count). The second-order valence-corrected chi connectivity index (χ2v) is 5.66. The molecular weight excluding hydrogens is 190 g/mol. The van der Waals surface area contributed by atoms with Gasteiger partial charge in [-0.1, -0.05) is 6.92 Å². The van der Waals surface area contributed by atoms with Crippen LogP contribution in [0, 0.1) is 0 Å². The predicted molar refractivity (Wildman–Crippen MR) is 49.8 cm³/mol. The first-order chi connectivity index (χ1) is 5.95. The summed E-state index contributed by atoms with van der Waals surface area (Å²) in [7, 11) is -3.20. The van der Waals surface area contributed by atoms with Gasteiger partial charge in [-0.15, -0.1) is 0 Å². The molecule has 1 N–H and O–H groups in total. The van der Waals surface area contributed by atoms with Crippen molar-refractivity contribution in [2.75, 3.05) is 0 Å². The van der Waals surface area contributed by atoms with Crippen LogP contribution < -0.4 is 4.72 Å². The fourth-order valence-electron chi connectivity index (χ4n) is 1.14. The molecule has 1 aliphatic rings. The van der Waals surface area contributed by atoms with E-state index < -0.39 is 10.0 Å². The lowest BCUT2D eigenvalue weighted by atomic mass is 9.93. The summed E-state index contributed by atoms with van der Waals surface area (Å²) in [6.45, 7) is 3.50. The Labute approximate surface area is 78.8 Å². The van der Waals surface area contributed by atoms with Gasteiger partial charge in [0.1, 0.15) is 5.78 Å². The Morgan fingerprint density at radius 3 is 2.46 bits per heavy atom. The van der Waals surface area contributed by atoms with E-state index in [4.69, 9.17) is 0 Å². The van der Waals surface area contributed by atoms with Crippen LogP contribution in [0.5, 0.6) is 0 Å². The van der Waals surface area contributed by atoms with Crippen molar-refractivity contribution in [1.29, 1.82) is 0 Å². The highest BCUT2D eigenvalue weighted by atomic mass is 32.2. The second kappa shape index (κ2) is 3.75. The summed E-state index contributed by atoms with van der Waals surface area (Å²) in [6, 6.07) is -0.147. The zero-order valence-corrected chi connectivity index (χ0v) is 8.73. The smallest absolute Gasteiger partial charge is 0.214 e. The lowest BCUT2D eigenvalue weighted by Gasteiger charge is -2.26. The van der Waals surface area contributed by atoms with E-state index >= 15 is 0 Å². The van der Waals surface area contributed by atoms with Crippen molar-refractivity contribution < 1.29 is 13.2 Å². The first-order valence-electron chi connectivity index (χ1n) is 4.48. The average Bonchev–Trinajstić information content (AvgIpc) is 1.99. The second-order valence-electron chi connectivity index (χ2n) is 3.53. The summed E-state index contributed by atoms with van der Waals surface area (Å²) in [5.41, 5.74) is 0. The summed E-state index contributed by atoms with van der Waals surface area (Å²) in [5.74, 6) is 0.136. The molecule has 1 fully saturated rings. The highest BCUT2D eigenvalue weighted by molar-refractivity contribution is 7.90. The van der Waals surface area contributed by atoms with Crippen LogP contribution in [-0.4, -0.2) is 25.5 Å². The van der Waals surface area contributed by atoms with Gasteiger partial charge >= 0.3 is 0 Å². The number of hydrogen-bond donors (Lipinski definition) is 1. The predicted octanol–water partition coefficient (Wildman–Crippen LogP) is 0.436. The molecule has 0 heterocycles. The van der Waals surface area contributed by atoms with E-state index in [0.717, 1.165) is 0 Å². The number of rotatable bonds is 4. The molecule has 1 unspecified atom stereocenters. The molecule has 1 atom stereocenters. The van der Waals surface area contributed by atoms with E-state index in [1.165, 1.54) is 0 Å². The Balaban J connectivity index is 2.48. The van der Waals surface area contributed by atoms with Crippen molar-refractivity contribution in [1.82, 2.24) is 4.72 Å². The van der Waals surface area contributed by atoms with Crippen molar-refractivity contribution in [3.05, 3.63) is 0 Å². The van der Waals surface area contributed by atoms with E-state index in [1.807, 2.05) is 6.92 Å². The minimum Gasteiger partial charge on any atom is -0.300 e. The third-order valence-corrected chi connectivity index (χ3v) is 4.44. The molecule has 0 bridgehead atoms. The van der Waals surface area contributed by atoms with Crippen LogP contribution >= 0.6 is 0 Å². The topological polar surface area (TPSA) is 63.2 Å². The number of nitrogens with one attached hydrogen (secondary N) is 1. The monoisotopic (exact) mass is 205 g/mol. The Bertz CT molecular complexity index is 289. The van der Waals surface area contributed by atoms with Crippen molar-refractivity contribution >= 4 is 15.8 Å². The zero-order valence-electron chi connectivity index (χ0n) is 7.91. The summed E-state index contributed by atoms with van der Waals surface area (Å²) in [5, 5.41) is -0.372. The Morgan fingerprint density at radius 2 is 2.08 bits per heavy atom. The van der Waals surface area contributed by atoms with Crippen molar-refractivity contribution in [2.24, 2.45) is 0 Å². The SMILES string of the molecule is CCC(C)S(=O)(=O)NC1CC(=O)C1. The molecule has 0 radical (unpaired) electrons. The number of hydrogen-bond acceptors (Lipinski definition) is 3. The number of Topliss-reactive ketones (excluding diaryl/α,β-unsaturated/α-hetero) is 1. The first kappa shape index (κ1) is 10.7. The quantitative estimate of drug-likeness (QED) is 0.724. The van der Waals surface area contributed by atoms with Crippen LogP contribution in [0.3, 0.4) is 0 Å². The van der Waals surface area contributed by atoms with E-state index in [2.05, 4.69) is 4.72 Å². The molecule has 0 saturated heterocycles. The van der Waals surface area contributed by atoms with Gasteiger partial charge in [0, 0.05) is 18.9 Å². The summed E-state index contributed by atoms with van der Waals surface area (Å²) in [4.78, 5) is 10.6. The molecule has 0 aromatic carbocycles. The van der Waals surface area contributed by atoms with Gasteiger partial charge in [0.25, 0.3) is 0 Å². The van der Waals surface area contributed by atoms with E-state index in [9.17, 15) is 13.2 Å². The highest BCUT2D eigenvalue weighted by Gasteiger charge is 2.31. The zero-order chi connectivity index (χ0) is 10.1. The lowest BCUT2D eigenvalue weighted by molar-refractivity contribution is -0.124. The van der Waals surface area contributed by atoms with Gasteiger partial charge < -0.3 is 0 Å². The lowest BCUT2D eigenvalue weighted by Crippen LogP contribution is -2.47. The van der Waals surface area contributed by atoms with Crippen LogP contribution in [0.2, 0.25) is 0 Å². The number of ketones is 1. The van der Waals surface area contributed by atoms with Gasteiger partial charge in [-0.3, -0.25) is 4.79 Å². The van der Waals surface area contributed by atoms with Gasteiger partial charge in [-0.25, -0.2) is 13.1 Å². The van der Waals surface area contributed by atoms with Crippen LogP contribution in [0.25, 0.3) is 0 Å². The molecule has 0 spiro atoms. The van der Waals surface area contributed by atoms with E-state index in [0.29, 0.717) is 19.3 Å². The molecule has 76 valence electrons. The maximum Gasteiger partial charge on any atom is 0.214 e. The van der Waals surface area contributed by atoms with Crippen molar-refractivity contribution in [3.63, 3.8) is 0 Å². The molecule has 0 amide bonds. The molecule has 5 heteroatoms. The normalized spacial score (nSPS) is 21.2. The minimum atomic E-state index is -3.20. The fourth-order valence-corrected chi connectivity index (χ4v) is 2.44. The average molecular weight is 205 g/mol. The standard InChI is InChI=1S/C8H15NO3S/c1-3-6(2)13(11,12)9-7-4-8(10)5-7/h6-7,9H,3-5H2,1-2H3. The third-order valence-electron chi connectivity index (χ3n) is 2.38. The van der Waals surface area contributed by atoms with Gasteiger partial charge in [0.2, 0.25) is 10.0 Å². The van der Waals surface area contributed by atoms with Crippen LogP contribution in [0.1, 0.15) is 33.1 Å². The molecule has 0 aromatic heterocycles. The highest BCUT2D eigenvalue weighted by Crippen LogP contribution is 2.16.